The van der Waals surface area contributed by atoms with Crippen molar-refractivity contribution in [3.05, 3.63) is 28.3 Å². The third-order valence-corrected chi connectivity index (χ3v) is 5.39. The van der Waals surface area contributed by atoms with Crippen LogP contribution in [0.15, 0.2) is 11.0 Å². The van der Waals surface area contributed by atoms with E-state index in [1.165, 1.54) is 0 Å². The van der Waals surface area contributed by atoms with E-state index in [0.29, 0.717) is 23.7 Å². The van der Waals surface area contributed by atoms with E-state index in [-0.39, 0.29) is 17.9 Å². The SMILES string of the molecule is Cc1cc(C)c(C)c(S(=O)(=O)NC(=O)CCOCC(C)C)c1C. The van der Waals surface area contributed by atoms with Gasteiger partial charge in [-0.3, -0.25) is 4.79 Å². The van der Waals surface area contributed by atoms with E-state index in [1.54, 1.807) is 13.8 Å². The summed E-state index contributed by atoms with van der Waals surface area (Å²) in [6.45, 7) is 12.0. The van der Waals surface area contributed by atoms with Gasteiger partial charge in [0, 0.05) is 6.61 Å². The number of amides is 1. The molecule has 5 nitrogen and oxygen atoms in total. The number of hydrogen-bond donors (Lipinski definition) is 1. The lowest BCUT2D eigenvalue weighted by Crippen LogP contribution is -2.32. The molecule has 0 aliphatic rings. The van der Waals surface area contributed by atoms with Crippen LogP contribution in [0, 0.1) is 33.6 Å². The molecular weight excluding hydrogens is 314 g/mol. The third kappa shape index (κ3) is 5.32. The lowest BCUT2D eigenvalue weighted by atomic mass is 10.0. The Balaban J connectivity index is 2.87. The van der Waals surface area contributed by atoms with Gasteiger partial charge in [0.2, 0.25) is 5.91 Å². The van der Waals surface area contributed by atoms with Crippen LogP contribution in [0.1, 0.15) is 42.5 Å². The molecule has 6 heteroatoms. The van der Waals surface area contributed by atoms with Crippen LogP contribution in [0.3, 0.4) is 0 Å². The highest BCUT2D eigenvalue weighted by molar-refractivity contribution is 7.90. The maximum Gasteiger partial charge on any atom is 0.264 e. The third-order valence-electron chi connectivity index (χ3n) is 3.74. The Bertz CT molecular complexity index is 652. The summed E-state index contributed by atoms with van der Waals surface area (Å²) in [5.41, 5.74) is 3.12. The van der Waals surface area contributed by atoms with Gasteiger partial charge < -0.3 is 4.74 Å². The van der Waals surface area contributed by atoms with Crippen molar-refractivity contribution in [1.82, 2.24) is 4.72 Å². The number of nitrogens with one attached hydrogen (secondary N) is 1. The average Bonchev–Trinajstić information content (AvgIpc) is 2.40. The quantitative estimate of drug-likeness (QED) is 0.774. The number of carbonyl (C=O) groups is 1. The largest absolute Gasteiger partial charge is 0.381 e. The van der Waals surface area contributed by atoms with Crippen molar-refractivity contribution in [2.24, 2.45) is 5.92 Å². The second-order valence-electron chi connectivity index (χ2n) is 6.34. The predicted octanol–water partition coefficient (Wildman–Crippen LogP) is 2.79. The van der Waals surface area contributed by atoms with E-state index >= 15 is 0 Å². The highest BCUT2D eigenvalue weighted by atomic mass is 32.2. The maximum atomic E-state index is 12.6. The Labute approximate surface area is 139 Å². The molecule has 0 aliphatic carbocycles. The monoisotopic (exact) mass is 341 g/mol. The van der Waals surface area contributed by atoms with Gasteiger partial charge in [0.05, 0.1) is 17.9 Å². The van der Waals surface area contributed by atoms with Crippen molar-refractivity contribution < 1.29 is 17.9 Å². The van der Waals surface area contributed by atoms with Gasteiger partial charge in [0.15, 0.2) is 0 Å². The molecule has 1 rings (SSSR count). The van der Waals surface area contributed by atoms with Crippen LogP contribution in [0.2, 0.25) is 0 Å². The summed E-state index contributed by atoms with van der Waals surface area (Å²) in [6, 6.07) is 1.95. The summed E-state index contributed by atoms with van der Waals surface area (Å²) in [7, 11) is -3.87. The molecule has 1 amide bonds. The zero-order valence-electron chi connectivity index (χ0n) is 14.8. The first-order valence-electron chi connectivity index (χ1n) is 7.77. The molecule has 1 aromatic rings. The van der Waals surface area contributed by atoms with E-state index in [2.05, 4.69) is 4.72 Å². The van der Waals surface area contributed by atoms with Crippen LogP contribution in [-0.4, -0.2) is 27.5 Å². The van der Waals surface area contributed by atoms with E-state index in [4.69, 9.17) is 4.74 Å². The Hall–Kier alpha value is -1.40. The van der Waals surface area contributed by atoms with Gasteiger partial charge in [-0.05, 0) is 55.9 Å². The van der Waals surface area contributed by atoms with Crippen LogP contribution in [-0.2, 0) is 19.6 Å². The second-order valence-corrected chi connectivity index (χ2v) is 7.96. The predicted molar refractivity (Wildman–Crippen MR) is 91.0 cm³/mol. The average molecular weight is 341 g/mol. The number of carbonyl (C=O) groups excluding carboxylic acids is 1. The fourth-order valence-corrected chi connectivity index (χ4v) is 3.95. The van der Waals surface area contributed by atoms with Gasteiger partial charge in [-0.1, -0.05) is 19.9 Å². The number of sulfonamides is 1. The summed E-state index contributed by atoms with van der Waals surface area (Å²) < 4.78 is 32.6. The number of ether oxygens (including phenoxy) is 1. The van der Waals surface area contributed by atoms with Gasteiger partial charge in [-0.25, -0.2) is 13.1 Å². The molecule has 1 aromatic carbocycles. The summed E-state index contributed by atoms with van der Waals surface area (Å²) in [5.74, 6) is -0.172. The fourth-order valence-electron chi connectivity index (χ4n) is 2.32. The van der Waals surface area contributed by atoms with Crippen molar-refractivity contribution >= 4 is 15.9 Å². The summed E-state index contributed by atoms with van der Waals surface area (Å²) in [5, 5.41) is 0. The minimum atomic E-state index is -3.87. The highest BCUT2D eigenvalue weighted by Gasteiger charge is 2.24. The molecule has 0 bridgehead atoms. The Morgan fingerprint density at radius 3 is 2.13 bits per heavy atom. The molecule has 1 N–H and O–H groups in total. The Morgan fingerprint density at radius 2 is 1.65 bits per heavy atom. The molecule has 23 heavy (non-hydrogen) atoms. The Kier molecular flexibility index (Phi) is 6.77. The normalized spacial score (nSPS) is 11.8. The first-order chi connectivity index (χ1) is 10.6. The molecule has 0 fully saturated rings. The van der Waals surface area contributed by atoms with Gasteiger partial charge >= 0.3 is 0 Å². The second kappa shape index (κ2) is 7.93. The number of rotatable bonds is 7. The zero-order chi connectivity index (χ0) is 17.8. The van der Waals surface area contributed by atoms with Gasteiger partial charge in [-0.15, -0.1) is 0 Å². The topological polar surface area (TPSA) is 72.5 Å². The van der Waals surface area contributed by atoms with Crippen molar-refractivity contribution in [1.29, 1.82) is 0 Å². The van der Waals surface area contributed by atoms with E-state index < -0.39 is 15.9 Å². The molecule has 0 spiro atoms. The first kappa shape index (κ1) is 19.6. The molecular formula is C17H27NO4S. The molecule has 130 valence electrons. The lowest BCUT2D eigenvalue weighted by molar-refractivity contribution is -0.120. The molecule has 0 aromatic heterocycles. The number of aryl methyl sites for hydroxylation is 2. The molecule has 0 saturated carbocycles. The van der Waals surface area contributed by atoms with Crippen molar-refractivity contribution in [3.63, 3.8) is 0 Å². The van der Waals surface area contributed by atoms with E-state index in [0.717, 1.165) is 11.1 Å². The maximum absolute atomic E-state index is 12.6. The van der Waals surface area contributed by atoms with E-state index in [1.807, 2.05) is 33.8 Å². The standard InChI is InChI=1S/C17H27NO4S/c1-11(2)10-22-8-7-16(19)18-23(20,21)17-14(5)12(3)9-13(4)15(17)6/h9,11H,7-8,10H2,1-6H3,(H,18,19). The minimum Gasteiger partial charge on any atom is -0.381 e. The van der Waals surface area contributed by atoms with Crippen molar-refractivity contribution in [2.75, 3.05) is 13.2 Å². The molecule has 0 aliphatic heterocycles. The highest BCUT2D eigenvalue weighted by Crippen LogP contribution is 2.25. The molecule has 0 atom stereocenters. The first-order valence-corrected chi connectivity index (χ1v) is 9.25. The van der Waals surface area contributed by atoms with E-state index in [9.17, 15) is 13.2 Å². The van der Waals surface area contributed by atoms with Gasteiger partial charge in [-0.2, -0.15) is 0 Å². The number of hydrogen-bond acceptors (Lipinski definition) is 4. The van der Waals surface area contributed by atoms with Crippen LogP contribution >= 0.6 is 0 Å². The van der Waals surface area contributed by atoms with Crippen LogP contribution in [0.25, 0.3) is 0 Å². The van der Waals surface area contributed by atoms with Crippen LogP contribution < -0.4 is 4.72 Å². The van der Waals surface area contributed by atoms with Crippen molar-refractivity contribution in [2.45, 2.75) is 52.9 Å². The Morgan fingerprint density at radius 1 is 1.13 bits per heavy atom. The van der Waals surface area contributed by atoms with Gasteiger partial charge in [0.1, 0.15) is 0 Å². The summed E-state index contributed by atoms with van der Waals surface area (Å²) in [6.07, 6.45) is 0.0227. The van der Waals surface area contributed by atoms with Crippen LogP contribution in [0.5, 0.6) is 0 Å². The summed E-state index contributed by atoms with van der Waals surface area (Å²) in [4.78, 5) is 12.1. The lowest BCUT2D eigenvalue weighted by Gasteiger charge is -2.16. The summed E-state index contributed by atoms with van der Waals surface area (Å²) >= 11 is 0. The smallest absolute Gasteiger partial charge is 0.264 e. The molecule has 0 heterocycles. The number of benzene rings is 1. The fraction of sp³-hybridized carbons (Fsp3) is 0.588. The molecule has 0 unspecified atom stereocenters. The van der Waals surface area contributed by atoms with Crippen molar-refractivity contribution in [3.8, 4) is 0 Å². The molecule has 0 saturated heterocycles. The van der Waals surface area contributed by atoms with Crippen LogP contribution in [0.4, 0.5) is 0 Å². The zero-order valence-corrected chi connectivity index (χ0v) is 15.6. The van der Waals surface area contributed by atoms with Gasteiger partial charge in [0.25, 0.3) is 10.0 Å². The molecule has 0 radical (unpaired) electrons. The minimum absolute atomic E-state index is 0.0227.